The molecule has 9 nitrogen and oxygen atoms in total. The van der Waals surface area contributed by atoms with Crippen molar-refractivity contribution in [2.45, 2.75) is 18.7 Å². The maximum absolute atomic E-state index is 13.8. The van der Waals surface area contributed by atoms with Crippen LogP contribution in [0.1, 0.15) is 11.1 Å². The standard InChI is InChI=1S/C18H18F3N7O2/c1-10-4-5-11(17(30,18(19,20)21)16(29)27(2)3)6-12(10)13-7-24-14(22)15(26-13)28-9-23-8-25-28/h4-9,30H,1-3H3,(H2,22,24)/t17-/m0/s1. The fourth-order valence-electron chi connectivity index (χ4n) is 2.86. The molecule has 3 N–H and O–H groups in total. The quantitative estimate of drug-likeness (QED) is 0.654. The molecule has 30 heavy (non-hydrogen) atoms. The first-order valence-corrected chi connectivity index (χ1v) is 8.56. The van der Waals surface area contributed by atoms with Crippen molar-refractivity contribution in [3.05, 3.63) is 48.2 Å². The molecule has 0 saturated carbocycles. The van der Waals surface area contributed by atoms with E-state index in [1.807, 2.05) is 0 Å². The second kappa shape index (κ2) is 7.37. The number of aromatic nitrogens is 5. The Morgan fingerprint density at radius 1 is 1.27 bits per heavy atom. The van der Waals surface area contributed by atoms with E-state index in [0.717, 1.165) is 26.2 Å². The molecule has 0 unspecified atom stereocenters. The van der Waals surface area contributed by atoms with Crippen LogP contribution in [0.25, 0.3) is 17.1 Å². The van der Waals surface area contributed by atoms with Gasteiger partial charge in [0, 0.05) is 25.2 Å². The number of anilines is 1. The normalized spacial score (nSPS) is 13.7. The van der Waals surface area contributed by atoms with Gasteiger partial charge in [0.05, 0.1) is 11.9 Å². The number of amides is 1. The summed E-state index contributed by atoms with van der Waals surface area (Å²) in [5.41, 5.74) is 2.41. The molecule has 1 aromatic carbocycles. The minimum absolute atomic E-state index is 0.0349. The Hall–Kier alpha value is -3.54. The molecule has 0 radical (unpaired) electrons. The van der Waals surface area contributed by atoms with Crippen LogP contribution in [0.2, 0.25) is 0 Å². The summed E-state index contributed by atoms with van der Waals surface area (Å²) in [5, 5.41) is 14.4. The lowest BCUT2D eigenvalue weighted by molar-refractivity contribution is -0.260. The fourth-order valence-corrected chi connectivity index (χ4v) is 2.86. The lowest BCUT2D eigenvalue weighted by atomic mass is 9.88. The van der Waals surface area contributed by atoms with E-state index >= 15 is 0 Å². The van der Waals surface area contributed by atoms with E-state index in [0.29, 0.717) is 10.5 Å². The predicted octanol–water partition coefficient (Wildman–Crippen LogP) is 1.45. The highest BCUT2D eigenvalue weighted by Gasteiger charge is 2.61. The molecule has 12 heteroatoms. The van der Waals surface area contributed by atoms with Crippen molar-refractivity contribution in [2.24, 2.45) is 0 Å². The number of alkyl halides is 3. The largest absolute Gasteiger partial charge is 0.430 e. The Labute approximate surface area is 169 Å². The third kappa shape index (κ3) is 3.45. The average molecular weight is 421 g/mol. The summed E-state index contributed by atoms with van der Waals surface area (Å²) in [4.78, 5) is 25.1. The van der Waals surface area contributed by atoms with Crippen LogP contribution >= 0.6 is 0 Å². The molecule has 0 aliphatic carbocycles. The fraction of sp³-hybridized carbons (Fsp3) is 0.278. The Morgan fingerprint density at radius 2 is 1.97 bits per heavy atom. The molecular weight excluding hydrogens is 403 g/mol. The molecule has 158 valence electrons. The van der Waals surface area contributed by atoms with Gasteiger partial charge in [-0.2, -0.15) is 23.0 Å². The van der Waals surface area contributed by atoms with E-state index in [1.165, 1.54) is 29.6 Å². The van der Waals surface area contributed by atoms with Gasteiger partial charge >= 0.3 is 6.18 Å². The van der Waals surface area contributed by atoms with Gasteiger partial charge in [-0.05, 0) is 18.6 Å². The summed E-state index contributed by atoms with van der Waals surface area (Å²) in [6, 6.07) is 3.48. The first-order chi connectivity index (χ1) is 14.0. The lowest BCUT2D eigenvalue weighted by Gasteiger charge is -2.32. The molecule has 1 amide bonds. The lowest BCUT2D eigenvalue weighted by Crippen LogP contribution is -2.54. The molecule has 2 heterocycles. The topological polar surface area (TPSA) is 123 Å². The van der Waals surface area contributed by atoms with Crippen molar-refractivity contribution < 1.29 is 23.1 Å². The number of aryl methyl sites for hydroxylation is 1. The molecule has 0 fully saturated rings. The zero-order valence-corrected chi connectivity index (χ0v) is 16.2. The summed E-state index contributed by atoms with van der Waals surface area (Å²) in [6.45, 7) is 1.65. The van der Waals surface area contributed by atoms with Crippen LogP contribution in [0, 0.1) is 6.92 Å². The Morgan fingerprint density at radius 3 is 2.53 bits per heavy atom. The van der Waals surface area contributed by atoms with Crippen molar-refractivity contribution in [1.82, 2.24) is 29.6 Å². The average Bonchev–Trinajstić information content (AvgIpc) is 3.21. The molecule has 3 aromatic rings. The predicted molar refractivity (Wildman–Crippen MR) is 100 cm³/mol. The monoisotopic (exact) mass is 421 g/mol. The Bertz CT molecular complexity index is 1080. The minimum atomic E-state index is -5.25. The number of nitrogen functional groups attached to an aromatic ring is 1. The molecule has 0 bridgehead atoms. The number of carbonyl (C=O) groups is 1. The molecule has 1 atom stereocenters. The van der Waals surface area contributed by atoms with Gasteiger partial charge < -0.3 is 15.7 Å². The molecular formula is C18H18F3N7O2. The zero-order chi connectivity index (χ0) is 22.3. The summed E-state index contributed by atoms with van der Waals surface area (Å²) in [7, 11) is 2.26. The highest BCUT2D eigenvalue weighted by atomic mass is 19.4. The van der Waals surface area contributed by atoms with E-state index in [4.69, 9.17) is 5.73 Å². The van der Waals surface area contributed by atoms with E-state index in [1.54, 1.807) is 6.92 Å². The van der Waals surface area contributed by atoms with Crippen LogP contribution in [0.5, 0.6) is 0 Å². The number of nitrogens with zero attached hydrogens (tertiary/aromatic N) is 6. The van der Waals surface area contributed by atoms with Crippen LogP contribution in [0.3, 0.4) is 0 Å². The minimum Gasteiger partial charge on any atom is -0.381 e. The highest BCUT2D eigenvalue weighted by Crippen LogP contribution is 2.41. The van der Waals surface area contributed by atoms with Gasteiger partial charge in [0.25, 0.3) is 11.5 Å². The second-order valence-electron chi connectivity index (χ2n) is 6.74. The highest BCUT2D eigenvalue weighted by molar-refractivity contribution is 5.87. The smallest absolute Gasteiger partial charge is 0.381 e. The Balaban J connectivity index is 2.19. The van der Waals surface area contributed by atoms with E-state index < -0.39 is 23.2 Å². The maximum Gasteiger partial charge on any atom is 0.430 e. The first-order valence-electron chi connectivity index (χ1n) is 8.56. The Kier molecular flexibility index (Phi) is 5.20. The van der Waals surface area contributed by atoms with Crippen LogP contribution in [0.4, 0.5) is 19.0 Å². The number of rotatable bonds is 4. The van der Waals surface area contributed by atoms with Crippen LogP contribution in [-0.4, -0.2) is 60.9 Å². The number of benzene rings is 1. The summed E-state index contributed by atoms with van der Waals surface area (Å²) in [6.07, 6.45) is -1.37. The first kappa shape index (κ1) is 21.2. The number of nitrogens with two attached hydrogens (primary N) is 1. The number of hydrogen-bond donors (Lipinski definition) is 2. The van der Waals surface area contributed by atoms with E-state index in [9.17, 15) is 23.1 Å². The molecule has 0 aliphatic heterocycles. The van der Waals surface area contributed by atoms with Crippen LogP contribution in [0.15, 0.2) is 37.1 Å². The van der Waals surface area contributed by atoms with Crippen molar-refractivity contribution in [3.63, 3.8) is 0 Å². The van der Waals surface area contributed by atoms with Gasteiger partial charge in [0.1, 0.15) is 12.7 Å². The third-order valence-corrected chi connectivity index (χ3v) is 4.47. The van der Waals surface area contributed by atoms with E-state index in [-0.39, 0.29) is 22.9 Å². The zero-order valence-electron chi connectivity index (χ0n) is 16.2. The van der Waals surface area contributed by atoms with Crippen molar-refractivity contribution in [1.29, 1.82) is 0 Å². The molecule has 0 spiro atoms. The number of likely N-dealkylation sites (N-methyl/N-ethyl adjacent to an activating group) is 1. The van der Waals surface area contributed by atoms with Gasteiger partial charge in [-0.1, -0.05) is 12.1 Å². The van der Waals surface area contributed by atoms with Crippen LogP contribution < -0.4 is 5.73 Å². The number of hydrogen-bond acceptors (Lipinski definition) is 7. The van der Waals surface area contributed by atoms with Crippen molar-refractivity contribution >= 4 is 11.7 Å². The van der Waals surface area contributed by atoms with E-state index in [2.05, 4.69) is 20.1 Å². The summed E-state index contributed by atoms with van der Waals surface area (Å²) >= 11 is 0. The van der Waals surface area contributed by atoms with Crippen LogP contribution in [-0.2, 0) is 10.4 Å². The molecule has 3 rings (SSSR count). The maximum atomic E-state index is 13.8. The second-order valence-corrected chi connectivity index (χ2v) is 6.74. The van der Waals surface area contributed by atoms with Gasteiger partial charge in [-0.25, -0.2) is 15.0 Å². The summed E-state index contributed by atoms with van der Waals surface area (Å²) in [5.74, 6) is -1.35. The summed E-state index contributed by atoms with van der Waals surface area (Å²) < 4.78 is 42.6. The van der Waals surface area contributed by atoms with Crippen molar-refractivity contribution in [3.8, 4) is 17.1 Å². The van der Waals surface area contributed by atoms with Gasteiger partial charge in [-0.15, -0.1) is 0 Å². The molecule has 0 aliphatic rings. The van der Waals surface area contributed by atoms with Gasteiger partial charge in [-0.3, -0.25) is 4.79 Å². The SMILES string of the molecule is Cc1ccc([C@](O)(C(=O)N(C)C)C(F)(F)F)cc1-c1cnc(N)c(-n2cncn2)n1. The third-order valence-electron chi connectivity index (χ3n) is 4.47. The van der Waals surface area contributed by atoms with Gasteiger partial charge in [0.2, 0.25) is 0 Å². The van der Waals surface area contributed by atoms with Gasteiger partial charge in [0.15, 0.2) is 11.6 Å². The number of aliphatic hydroxyl groups is 1. The number of carbonyl (C=O) groups excluding carboxylic acids is 1. The molecule has 0 saturated heterocycles. The number of halogens is 3. The van der Waals surface area contributed by atoms with Crippen molar-refractivity contribution in [2.75, 3.05) is 19.8 Å². The molecule has 2 aromatic heterocycles.